The fraction of sp³-hybridized carbons (Fsp3) is 0.727. The Kier molecular flexibility index (Phi) is 31.5. The van der Waals surface area contributed by atoms with E-state index in [1.165, 1.54) is 32.1 Å². The summed E-state index contributed by atoms with van der Waals surface area (Å²) >= 11 is 0. The number of aliphatic hydroxyl groups excluding tert-OH is 3. The molecule has 0 amide bonds. The molecule has 1 aliphatic heterocycles. The summed E-state index contributed by atoms with van der Waals surface area (Å²) in [6, 6.07) is 0. The molecule has 4 N–H and O–H groups in total. The van der Waals surface area contributed by atoms with E-state index in [2.05, 4.69) is 74.6 Å². The van der Waals surface area contributed by atoms with Gasteiger partial charge in [-0.05, 0) is 77.0 Å². The lowest BCUT2D eigenvalue weighted by molar-refractivity contribution is -0.297. The summed E-state index contributed by atoms with van der Waals surface area (Å²) in [5.41, 5.74) is 0. The Morgan fingerprint density at radius 2 is 1.07 bits per heavy atom. The molecule has 328 valence electrons. The zero-order chi connectivity index (χ0) is 42.0. The summed E-state index contributed by atoms with van der Waals surface area (Å²) in [6.45, 7) is 3.62. The first-order chi connectivity index (χ1) is 27.5. The van der Waals surface area contributed by atoms with Gasteiger partial charge < -0.3 is 34.3 Å². The van der Waals surface area contributed by atoms with Crippen LogP contribution in [-0.4, -0.2) is 96.0 Å². The third-order valence-electron chi connectivity index (χ3n) is 9.32. The maximum Gasteiger partial charge on any atom is 0.306 e. The summed E-state index contributed by atoms with van der Waals surface area (Å²) in [7, 11) is -4.61. The predicted molar refractivity (Wildman–Crippen MR) is 224 cm³/mol. The van der Waals surface area contributed by atoms with Crippen molar-refractivity contribution in [2.24, 2.45) is 0 Å². The molecule has 0 spiro atoms. The number of hydrogen-bond acceptors (Lipinski definition) is 11. The van der Waals surface area contributed by atoms with Crippen molar-refractivity contribution in [1.29, 1.82) is 0 Å². The highest BCUT2D eigenvalue weighted by molar-refractivity contribution is 7.85. The average Bonchev–Trinajstić information content (AvgIpc) is 3.17. The van der Waals surface area contributed by atoms with Crippen LogP contribution < -0.4 is 0 Å². The fourth-order valence-electron chi connectivity index (χ4n) is 5.93. The Labute approximate surface area is 343 Å². The van der Waals surface area contributed by atoms with E-state index in [1.807, 2.05) is 0 Å². The van der Waals surface area contributed by atoms with E-state index in [1.54, 1.807) is 0 Å². The van der Waals surface area contributed by atoms with E-state index in [0.717, 1.165) is 77.0 Å². The van der Waals surface area contributed by atoms with Crippen LogP contribution in [0.2, 0.25) is 0 Å². The Hall–Kier alpha value is -2.65. The van der Waals surface area contributed by atoms with E-state index >= 15 is 0 Å². The Balaban J connectivity index is 2.53. The molecule has 0 bridgehead atoms. The van der Waals surface area contributed by atoms with Crippen molar-refractivity contribution in [3.8, 4) is 0 Å². The minimum absolute atomic E-state index is 0.137. The van der Waals surface area contributed by atoms with Gasteiger partial charge in [-0.15, -0.1) is 0 Å². The molecule has 0 aromatic rings. The molecule has 12 nitrogen and oxygen atoms in total. The van der Waals surface area contributed by atoms with Gasteiger partial charge >= 0.3 is 11.9 Å². The lowest BCUT2D eigenvalue weighted by Crippen LogP contribution is -2.60. The molecular weight excluding hydrogens is 753 g/mol. The molecule has 1 heterocycles. The molecule has 0 radical (unpaired) electrons. The van der Waals surface area contributed by atoms with Gasteiger partial charge in [-0.3, -0.25) is 14.1 Å². The SMILES string of the molecule is CCCC/C=C/C/C=C/CCCCCCCC(=O)O[C@H](COC(=O)CCCC/C=C/C/C=C/C/C=C/CCCCC)CO[C@H]1O[C@H](CS(=O)(=O)O)[C@@H](O)C(O)C1O. The summed E-state index contributed by atoms with van der Waals surface area (Å²) in [5, 5.41) is 30.8. The molecule has 0 aromatic heterocycles. The summed E-state index contributed by atoms with van der Waals surface area (Å²) in [4.78, 5) is 25.3. The first-order valence-corrected chi connectivity index (χ1v) is 23.0. The summed E-state index contributed by atoms with van der Waals surface area (Å²) in [6.07, 6.45) is 31.3. The number of unbranched alkanes of at least 4 members (excludes halogenated alkanes) is 12. The number of carbonyl (C=O) groups is 2. The topological polar surface area (TPSA) is 186 Å². The smallest absolute Gasteiger partial charge is 0.306 e. The van der Waals surface area contributed by atoms with Crippen molar-refractivity contribution < 1.29 is 56.8 Å². The number of ether oxygens (including phenoxy) is 4. The normalized spacial score (nSPS) is 21.1. The zero-order valence-electron chi connectivity index (χ0n) is 34.7. The Bertz CT molecular complexity index is 1290. The molecule has 57 heavy (non-hydrogen) atoms. The molecule has 0 saturated carbocycles. The van der Waals surface area contributed by atoms with Gasteiger partial charge in [0.25, 0.3) is 10.1 Å². The molecule has 1 fully saturated rings. The van der Waals surface area contributed by atoms with Crippen molar-refractivity contribution in [2.45, 2.75) is 185 Å². The first-order valence-electron chi connectivity index (χ1n) is 21.3. The van der Waals surface area contributed by atoms with E-state index in [9.17, 15) is 37.9 Å². The van der Waals surface area contributed by atoms with Gasteiger partial charge in [0, 0.05) is 12.8 Å². The Morgan fingerprint density at radius 3 is 1.65 bits per heavy atom. The predicted octanol–water partition coefficient (Wildman–Crippen LogP) is 8.17. The number of allylic oxidation sites excluding steroid dienone is 10. The molecule has 1 aliphatic rings. The largest absolute Gasteiger partial charge is 0.462 e. The van der Waals surface area contributed by atoms with Gasteiger partial charge in [-0.1, -0.05) is 120 Å². The van der Waals surface area contributed by atoms with Crippen LogP contribution in [0, 0.1) is 0 Å². The molecular formula is C44H74O12S. The number of esters is 2. The number of hydrogen-bond donors (Lipinski definition) is 4. The highest BCUT2D eigenvalue weighted by Crippen LogP contribution is 2.24. The second kappa shape index (κ2) is 34.2. The van der Waals surface area contributed by atoms with Gasteiger partial charge in [0.05, 0.1) is 6.61 Å². The van der Waals surface area contributed by atoms with Crippen LogP contribution >= 0.6 is 0 Å². The monoisotopic (exact) mass is 826 g/mol. The van der Waals surface area contributed by atoms with Gasteiger partial charge in [0.1, 0.15) is 36.8 Å². The van der Waals surface area contributed by atoms with E-state index in [4.69, 9.17) is 18.9 Å². The van der Waals surface area contributed by atoms with Crippen LogP contribution in [0.1, 0.15) is 149 Å². The summed E-state index contributed by atoms with van der Waals surface area (Å²) in [5.74, 6) is -2.06. The van der Waals surface area contributed by atoms with Gasteiger partial charge in [0.2, 0.25) is 0 Å². The molecule has 6 atom stereocenters. The van der Waals surface area contributed by atoms with Crippen LogP contribution in [-0.2, 0) is 38.7 Å². The van der Waals surface area contributed by atoms with Crippen LogP contribution in [0.3, 0.4) is 0 Å². The van der Waals surface area contributed by atoms with Gasteiger partial charge in [-0.25, -0.2) is 0 Å². The van der Waals surface area contributed by atoms with E-state index in [-0.39, 0.29) is 19.4 Å². The second-order valence-electron chi connectivity index (χ2n) is 14.6. The van der Waals surface area contributed by atoms with Crippen molar-refractivity contribution in [3.05, 3.63) is 60.8 Å². The quantitative estimate of drug-likeness (QED) is 0.0211. The minimum Gasteiger partial charge on any atom is -0.462 e. The molecule has 2 unspecified atom stereocenters. The third kappa shape index (κ3) is 29.2. The van der Waals surface area contributed by atoms with E-state index < -0.39 is 71.2 Å². The van der Waals surface area contributed by atoms with Crippen LogP contribution in [0.5, 0.6) is 0 Å². The second-order valence-corrected chi connectivity index (χ2v) is 16.1. The standard InChI is InChI=1S/C44H74O12S/c1-3-5-7-9-11-13-15-17-19-21-22-24-26-28-30-32-39(45)53-34-37(35-54-44-43(49)42(48)41(47)38(56-44)36-57(50,51)52)55-40(46)33-31-29-27-25-23-20-18-16-14-12-10-8-6-4-2/h10-13,16-19,22,24,37-38,41-44,47-49H,3-9,14-15,20-21,23,25-36H2,1-2H3,(H,50,51,52)/b12-10+,13-11+,18-16+,19-17+,24-22+/t37-,38-,41-,42?,43?,44+/m1/s1. The molecule has 1 rings (SSSR count). The van der Waals surface area contributed by atoms with Crippen molar-refractivity contribution in [2.75, 3.05) is 19.0 Å². The number of aliphatic hydroxyl groups is 3. The van der Waals surface area contributed by atoms with Crippen LogP contribution in [0.4, 0.5) is 0 Å². The zero-order valence-corrected chi connectivity index (χ0v) is 35.5. The molecule has 13 heteroatoms. The maximum atomic E-state index is 12.8. The first kappa shape index (κ1) is 52.4. The highest BCUT2D eigenvalue weighted by Gasteiger charge is 2.46. The van der Waals surface area contributed by atoms with Crippen LogP contribution in [0.25, 0.3) is 0 Å². The van der Waals surface area contributed by atoms with Gasteiger partial charge in [-0.2, -0.15) is 8.42 Å². The highest BCUT2D eigenvalue weighted by atomic mass is 32.2. The molecule has 0 aromatic carbocycles. The fourth-order valence-corrected chi connectivity index (χ4v) is 6.62. The third-order valence-corrected chi connectivity index (χ3v) is 10.1. The lowest BCUT2D eigenvalue weighted by atomic mass is 10.00. The molecule has 1 saturated heterocycles. The lowest BCUT2D eigenvalue weighted by Gasteiger charge is -2.40. The van der Waals surface area contributed by atoms with Crippen molar-refractivity contribution in [3.63, 3.8) is 0 Å². The number of rotatable bonds is 34. The van der Waals surface area contributed by atoms with Crippen molar-refractivity contribution >= 4 is 22.1 Å². The molecule has 0 aliphatic carbocycles. The Morgan fingerprint density at radius 1 is 0.596 bits per heavy atom. The van der Waals surface area contributed by atoms with Crippen LogP contribution in [0.15, 0.2) is 60.8 Å². The maximum absolute atomic E-state index is 12.8. The average molecular weight is 827 g/mol. The minimum atomic E-state index is -4.61. The van der Waals surface area contributed by atoms with Gasteiger partial charge in [0.15, 0.2) is 12.4 Å². The van der Waals surface area contributed by atoms with E-state index in [0.29, 0.717) is 12.8 Å². The summed E-state index contributed by atoms with van der Waals surface area (Å²) < 4.78 is 53.9. The van der Waals surface area contributed by atoms with Crippen molar-refractivity contribution in [1.82, 2.24) is 0 Å². The number of carbonyl (C=O) groups excluding carboxylic acids is 2.